The maximum atomic E-state index is 10.7. The number of carboxylic acid groups (broad SMARTS) is 1. The first-order chi connectivity index (χ1) is 5.97. The van der Waals surface area contributed by atoms with Crippen LogP contribution in [0.2, 0.25) is 0 Å². The highest BCUT2D eigenvalue weighted by Crippen LogP contribution is 2.09. The topological polar surface area (TPSA) is 107 Å². The van der Waals surface area contributed by atoms with E-state index in [0.29, 0.717) is 0 Å². The second kappa shape index (κ2) is 5.13. The molecule has 6 heteroatoms. The van der Waals surface area contributed by atoms with Gasteiger partial charge in [0.2, 0.25) is 5.91 Å². The number of aliphatic carboxylic acids is 1. The summed E-state index contributed by atoms with van der Waals surface area (Å²) in [5.41, 5.74) is 4.79. The number of ether oxygens (including phenoxy) is 1. The normalized spacial score (nSPS) is 11.8. The number of carbonyl (C=O) groups excluding carboxylic acids is 2. The van der Waals surface area contributed by atoms with E-state index in [2.05, 4.69) is 4.74 Å². The Balaban J connectivity index is 4.18. The first-order valence-corrected chi connectivity index (χ1v) is 3.55. The molecule has 0 aromatic heterocycles. The van der Waals surface area contributed by atoms with Crippen molar-refractivity contribution in [3.8, 4) is 0 Å². The summed E-state index contributed by atoms with van der Waals surface area (Å²) in [6, 6.07) is 0. The van der Waals surface area contributed by atoms with Crippen molar-refractivity contribution in [3.05, 3.63) is 0 Å². The van der Waals surface area contributed by atoms with Crippen molar-refractivity contribution in [1.29, 1.82) is 0 Å². The molecule has 0 unspecified atom stereocenters. The van der Waals surface area contributed by atoms with Crippen molar-refractivity contribution in [1.82, 2.24) is 0 Å². The number of rotatable bonds is 5. The van der Waals surface area contributed by atoms with Gasteiger partial charge in [-0.05, 0) is 0 Å². The van der Waals surface area contributed by atoms with Crippen LogP contribution in [0.15, 0.2) is 0 Å². The molecule has 0 spiro atoms. The molecule has 0 aliphatic heterocycles. The number of hydrogen-bond acceptors (Lipinski definition) is 4. The number of carbonyl (C=O) groups is 3. The fraction of sp³-hybridized carbons (Fsp3) is 0.571. The van der Waals surface area contributed by atoms with Crippen LogP contribution in [0.3, 0.4) is 0 Å². The van der Waals surface area contributed by atoms with E-state index < -0.39 is 23.8 Å². The minimum atomic E-state index is -1.23. The molecule has 1 amide bonds. The minimum Gasteiger partial charge on any atom is -0.481 e. The van der Waals surface area contributed by atoms with Gasteiger partial charge >= 0.3 is 11.9 Å². The number of methoxy groups -OCH3 is 1. The molecule has 0 aliphatic carbocycles. The molecule has 0 bridgehead atoms. The Bertz CT molecular complexity index is 225. The summed E-state index contributed by atoms with van der Waals surface area (Å²) >= 11 is 0. The minimum absolute atomic E-state index is 0.339. The predicted octanol–water partition coefficient (Wildman–Crippen LogP) is -0.874. The molecule has 0 heterocycles. The van der Waals surface area contributed by atoms with Crippen LogP contribution >= 0.6 is 0 Å². The monoisotopic (exact) mass is 189 g/mol. The summed E-state index contributed by atoms with van der Waals surface area (Å²) in [7, 11) is 1.14. The number of esters is 1. The summed E-state index contributed by atoms with van der Waals surface area (Å²) in [4.78, 5) is 31.5. The number of hydrogen-bond donors (Lipinski definition) is 2. The lowest BCUT2D eigenvalue weighted by atomic mass is 10.0. The standard InChI is InChI=1S/C7H11NO5/c1-13-6(10)3-4(7(11)12)2-5(8)9/h4H,2-3H2,1H3,(H2,8,9)(H,11,12)/t4-/m1/s1. The van der Waals surface area contributed by atoms with Crippen molar-refractivity contribution in [2.75, 3.05) is 7.11 Å². The van der Waals surface area contributed by atoms with Gasteiger partial charge in [0.1, 0.15) is 0 Å². The van der Waals surface area contributed by atoms with Gasteiger partial charge in [-0.1, -0.05) is 0 Å². The lowest BCUT2D eigenvalue weighted by molar-refractivity contribution is -0.150. The molecule has 3 N–H and O–H groups in total. The van der Waals surface area contributed by atoms with Crippen LogP contribution in [-0.2, 0) is 19.1 Å². The van der Waals surface area contributed by atoms with Crippen molar-refractivity contribution >= 4 is 17.8 Å². The van der Waals surface area contributed by atoms with Crippen molar-refractivity contribution < 1.29 is 24.2 Å². The summed E-state index contributed by atoms with van der Waals surface area (Å²) in [6.07, 6.45) is -0.695. The van der Waals surface area contributed by atoms with Crippen LogP contribution in [0.25, 0.3) is 0 Å². The molecule has 0 rings (SSSR count). The molecule has 0 radical (unpaired) electrons. The summed E-state index contributed by atoms with van der Waals surface area (Å²) < 4.78 is 4.26. The average Bonchev–Trinajstić information content (AvgIpc) is 2.02. The smallest absolute Gasteiger partial charge is 0.307 e. The highest BCUT2D eigenvalue weighted by Gasteiger charge is 2.23. The quantitative estimate of drug-likeness (QED) is 0.546. The Morgan fingerprint density at radius 2 is 1.92 bits per heavy atom. The van der Waals surface area contributed by atoms with E-state index in [0.717, 1.165) is 7.11 Å². The van der Waals surface area contributed by atoms with Crippen LogP contribution in [0, 0.1) is 5.92 Å². The maximum absolute atomic E-state index is 10.7. The third-order valence-corrected chi connectivity index (χ3v) is 1.44. The van der Waals surface area contributed by atoms with Crippen LogP contribution in [-0.4, -0.2) is 30.1 Å². The Kier molecular flexibility index (Phi) is 4.50. The molecule has 6 nitrogen and oxygen atoms in total. The van der Waals surface area contributed by atoms with E-state index in [1.165, 1.54) is 0 Å². The molecule has 0 saturated carbocycles. The number of nitrogens with two attached hydrogens (primary N) is 1. The third-order valence-electron chi connectivity index (χ3n) is 1.44. The first-order valence-electron chi connectivity index (χ1n) is 3.55. The molecule has 13 heavy (non-hydrogen) atoms. The zero-order chi connectivity index (χ0) is 10.4. The van der Waals surface area contributed by atoms with Gasteiger partial charge in [-0.25, -0.2) is 0 Å². The SMILES string of the molecule is COC(=O)C[C@@H](CC(N)=O)C(=O)O. The molecule has 74 valence electrons. The van der Waals surface area contributed by atoms with E-state index in [1.54, 1.807) is 0 Å². The van der Waals surface area contributed by atoms with Crippen molar-refractivity contribution in [2.45, 2.75) is 12.8 Å². The van der Waals surface area contributed by atoms with Gasteiger partial charge < -0.3 is 15.6 Å². The largest absolute Gasteiger partial charge is 0.481 e. The fourth-order valence-corrected chi connectivity index (χ4v) is 0.774. The summed E-state index contributed by atoms with van der Waals surface area (Å²) in [5.74, 6) is -3.75. The van der Waals surface area contributed by atoms with Crippen LogP contribution in [0.5, 0.6) is 0 Å². The van der Waals surface area contributed by atoms with Crippen molar-refractivity contribution in [3.63, 3.8) is 0 Å². The molecule has 0 saturated heterocycles. The van der Waals surface area contributed by atoms with E-state index in [4.69, 9.17) is 10.8 Å². The van der Waals surface area contributed by atoms with E-state index in [1.807, 2.05) is 0 Å². The molecule has 0 aromatic carbocycles. The van der Waals surface area contributed by atoms with Crippen molar-refractivity contribution in [2.24, 2.45) is 11.7 Å². The van der Waals surface area contributed by atoms with E-state index in [9.17, 15) is 14.4 Å². The first kappa shape index (κ1) is 11.4. The maximum Gasteiger partial charge on any atom is 0.307 e. The fourth-order valence-electron chi connectivity index (χ4n) is 0.774. The van der Waals surface area contributed by atoms with Gasteiger partial charge in [0, 0.05) is 6.42 Å². The lowest BCUT2D eigenvalue weighted by Crippen LogP contribution is -2.25. The summed E-state index contributed by atoms with van der Waals surface area (Å²) in [5, 5.41) is 8.55. The molecule has 0 aliphatic rings. The third kappa shape index (κ3) is 4.78. The predicted molar refractivity (Wildman–Crippen MR) is 41.6 cm³/mol. The molecular formula is C7H11NO5. The lowest BCUT2D eigenvalue weighted by Gasteiger charge is -2.07. The van der Waals surface area contributed by atoms with Gasteiger partial charge in [-0.2, -0.15) is 0 Å². The summed E-state index contributed by atoms with van der Waals surface area (Å²) in [6.45, 7) is 0. The second-order valence-electron chi connectivity index (χ2n) is 2.49. The van der Waals surface area contributed by atoms with Gasteiger partial charge in [0.05, 0.1) is 19.4 Å². The van der Waals surface area contributed by atoms with Gasteiger partial charge in [0.25, 0.3) is 0 Å². The number of primary amides is 1. The Labute approximate surface area is 74.7 Å². The Morgan fingerprint density at radius 1 is 1.38 bits per heavy atom. The van der Waals surface area contributed by atoms with Gasteiger partial charge in [0.15, 0.2) is 0 Å². The van der Waals surface area contributed by atoms with Crippen LogP contribution in [0.1, 0.15) is 12.8 Å². The Morgan fingerprint density at radius 3 is 2.23 bits per heavy atom. The van der Waals surface area contributed by atoms with Gasteiger partial charge in [-0.3, -0.25) is 14.4 Å². The van der Waals surface area contributed by atoms with E-state index >= 15 is 0 Å². The molecule has 1 atom stereocenters. The number of amides is 1. The number of carboxylic acids is 1. The molecule has 0 aromatic rings. The van der Waals surface area contributed by atoms with Crippen LogP contribution in [0.4, 0.5) is 0 Å². The highest BCUT2D eigenvalue weighted by atomic mass is 16.5. The van der Waals surface area contributed by atoms with Crippen LogP contribution < -0.4 is 5.73 Å². The zero-order valence-electron chi connectivity index (χ0n) is 7.15. The molecule has 0 fully saturated rings. The second-order valence-corrected chi connectivity index (χ2v) is 2.49. The molecular weight excluding hydrogens is 178 g/mol. The zero-order valence-corrected chi connectivity index (χ0v) is 7.15. The van der Waals surface area contributed by atoms with E-state index in [-0.39, 0.29) is 12.8 Å². The average molecular weight is 189 g/mol. The highest BCUT2D eigenvalue weighted by molar-refractivity contribution is 5.84. The Hall–Kier alpha value is -1.59. The van der Waals surface area contributed by atoms with Gasteiger partial charge in [-0.15, -0.1) is 0 Å².